The molecule has 0 spiro atoms. The molecule has 0 aliphatic carbocycles. The van der Waals surface area contributed by atoms with Gasteiger partial charge in [-0.2, -0.15) is 0 Å². The summed E-state index contributed by atoms with van der Waals surface area (Å²) >= 11 is 1.44. The minimum absolute atomic E-state index is 0.0466. The van der Waals surface area contributed by atoms with Crippen molar-refractivity contribution >= 4 is 39.2 Å². The second-order valence-corrected chi connectivity index (χ2v) is 8.44. The van der Waals surface area contributed by atoms with Gasteiger partial charge in [-0.05, 0) is 56.7 Å². The molecular formula is C21H24FN5O3S. The molecule has 0 aliphatic heterocycles. The Morgan fingerprint density at radius 2 is 2.00 bits per heavy atom. The lowest BCUT2D eigenvalue weighted by atomic mass is 10.1. The van der Waals surface area contributed by atoms with Gasteiger partial charge in [0.15, 0.2) is 11.5 Å². The number of nitrogens with one attached hydrogen (secondary N) is 2. The number of unbranched alkanes of at least 4 members (excludes halogenated alkanes) is 1. The van der Waals surface area contributed by atoms with Gasteiger partial charge >= 0.3 is 0 Å². The highest BCUT2D eigenvalue weighted by Gasteiger charge is 2.14. The zero-order valence-electron chi connectivity index (χ0n) is 17.2. The highest BCUT2D eigenvalue weighted by molar-refractivity contribution is 7.18. The van der Waals surface area contributed by atoms with E-state index in [1.807, 2.05) is 6.07 Å². The number of halogens is 1. The zero-order chi connectivity index (χ0) is 22.4. The third-order valence-electron chi connectivity index (χ3n) is 4.71. The standard InChI is InChI=1S/C21H24FN5O3S/c1-12(28)5-4-8-24-19(30)17-16(22)9-13(11-25-17)6-2-3-7-14-10-15-18(29)26-21(23)27-20(15)31-14/h9-11H,2-8H2,1H3,(H,24,30)(H3,23,26,27,29). The quantitative estimate of drug-likeness (QED) is 0.411. The van der Waals surface area contributed by atoms with Gasteiger partial charge < -0.3 is 15.8 Å². The van der Waals surface area contributed by atoms with Crippen molar-refractivity contribution in [2.24, 2.45) is 0 Å². The summed E-state index contributed by atoms with van der Waals surface area (Å²) in [5.41, 5.74) is 5.80. The summed E-state index contributed by atoms with van der Waals surface area (Å²) in [6.07, 6.45) is 5.45. The number of carbonyl (C=O) groups excluding carboxylic acids is 2. The fraction of sp³-hybridized carbons (Fsp3) is 0.381. The number of nitrogens with two attached hydrogens (primary N) is 1. The van der Waals surface area contributed by atoms with Crippen molar-refractivity contribution in [3.05, 3.63) is 50.6 Å². The van der Waals surface area contributed by atoms with Crippen LogP contribution in [0.1, 0.15) is 53.5 Å². The number of amides is 1. The highest BCUT2D eigenvalue weighted by Crippen LogP contribution is 2.23. The maximum atomic E-state index is 14.3. The first-order valence-corrected chi connectivity index (χ1v) is 10.9. The number of Topliss-reactive ketones (excluding diaryl/α,β-unsaturated/α-hetero) is 1. The Morgan fingerprint density at radius 3 is 2.74 bits per heavy atom. The monoisotopic (exact) mass is 445 g/mol. The minimum atomic E-state index is -0.658. The van der Waals surface area contributed by atoms with Crippen LogP contribution in [0.4, 0.5) is 10.3 Å². The Hall–Kier alpha value is -3.14. The number of pyridine rings is 1. The summed E-state index contributed by atoms with van der Waals surface area (Å²) in [5.74, 6) is -1.09. The molecule has 0 saturated carbocycles. The van der Waals surface area contributed by atoms with Crippen LogP contribution in [0, 0.1) is 5.82 Å². The third-order valence-corrected chi connectivity index (χ3v) is 5.80. The number of fused-ring (bicyclic) bond motifs is 1. The van der Waals surface area contributed by atoms with Crippen LogP contribution in [0.15, 0.2) is 23.1 Å². The van der Waals surface area contributed by atoms with E-state index in [0.29, 0.717) is 41.6 Å². The van der Waals surface area contributed by atoms with E-state index in [9.17, 15) is 18.8 Å². The van der Waals surface area contributed by atoms with E-state index in [1.54, 1.807) is 0 Å². The Morgan fingerprint density at radius 1 is 1.23 bits per heavy atom. The molecule has 0 unspecified atom stereocenters. The maximum absolute atomic E-state index is 14.3. The van der Waals surface area contributed by atoms with Gasteiger partial charge in [0.25, 0.3) is 11.5 Å². The number of aryl methyl sites for hydroxylation is 2. The third kappa shape index (κ3) is 6.17. The maximum Gasteiger partial charge on any atom is 0.272 e. The van der Waals surface area contributed by atoms with Crippen molar-refractivity contribution in [1.29, 1.82) is 0 Å². The van der Waals surface area contributed by atoms with Crippen molar-refractivity contribution in [3.8, 4) is 0 Å². The van der Waals surface area contributed by atoms with E-state index in [1.165, 1.54) is 30.5 Å². The molecule has 0 bridgehead atoms. The van der Waals surface area contributed by atoms with Crippen LogP contribution < -0.4 is 16.6 Å². The van der Waals surface area contributed by atoms with Gasteiger partial charge in [0.05, 0.1) is 5.39 Å². The predicted molar refractivity (Wildman–Crippen MR) is 118 cm³/mol. The van der Waals surface area contributed by atoms with Crippen LogP contribution in [-0.4, -0.2) is 33.2 Å². The molecule has 3 aromatic heterocycles. The average Bonchev–Trinajstić information content (AvgIpc) is 3.11. The van der Waals surface area contributed by atoms with E-state index in [-0.39, 0.29) is 23.0 Å². The Bertz CT molecular complexity index is 1160. The number of anilines is 1. The van der Waals surface area contributed by atoms with Crippen molar-refractivity contribution in [2.45, 2.75) is 45.4 Å². The molecule has 164 valence electrons. The van der Waals surface area contributed by atoms with Crippen molar-refractivity contribution in [2.75, 3.05) is 12.3 Å². The van der Waals surface area contributed by atoms with Gasteiger partial charge in [-0.25, -0.2) is 14.4 Å². The lowest BCUT2D eigenvalue weighted by Crippen LogP contribution is -2.26. The molecule has 3 aromatic rings. The molecule has 0 fully saturated rings. The van der Waals surface area contributed by atoms with E-state index in [0.717, 1.165) is 24.1 Å². The van der Waals surface area contributed by atoms with Crippen LogP contribution in [0.25, 0.3) is 10.2 Å². The fourth-order valence-corrected chi connectivity index (χ4v) is 4.23. The molecular weight excluding hydrogens is 421 g/mol. The summed E-state index contributed by atoms with van der Waals surface area (Å²) in [5, 5.41) is 3.11. The largest absolute Gasteiger partial charge is 0.369 e. The smallest absolute Gasteiger partial charge is 0.272 e. The second-order valence-electron chi connectivity index (χ2n) is 7.33. The van der Waals surface area contributed by atoms with Crippen molar-refractivity contribution in [1.82, 2.24) is 20.3 Å². The predicted octanol–water partition coefficient (Wildman–Crippen LogP) is 2.77. The number of nitrogen functional groups attached to an aromatic ring is 1. The van der Waals surface area contributed by atoms with Crippen molar-refractivity contribution in [3.63, 3.8) is 0 Å². The molecule has 0 aromatic carbocycles. The molecule has 3 rings (SSSR count). The summed E-state index contributed by atoms with van der Waals surface area (Å²) in [6.45, 7) is 1.78. The molecule has 0 saturated heterocycles. The molecule has 0 aliphatic rings. The molecule has 1 amide bonds. The number of hydrogen-bond donors (Lipinski definition) is 3. The average molecular weight is 446 g/mol. The number of H-pyrrole nitrogens is 1. The minimum Gasteiger partial charge on any atom is -0.369 e. The zero-order valence-corrected chi connectivity index (χ0v) is 18.0. The van der Waals surface area contributed by atoms with Crippen molar-refractivity contribution < 1.29 is 14.0 Å². The molecule has 10 heteroatoms. The second kappa shape index (κ2) is 10.3. The summed E-state index contributed by atoms with van der Waals surface area (Å²) in [7, 11) is 0. The normalized spacial score (nSPS) is 11.0. The number of carbonyl (C=O) groups is 2. The van der Waals surface area contributed by atoms with Crippen LogP contribution in [0.3, 0.4) is 0 Å². The first kappa shape index (κ1) is 22.5. The first-order valence-electron chi connectivity index (χ1n) is 10.0. The molecule has 4 N–H and O–H groups in total. The molecule has 31 heavy (non-hydrogen) atoms. The number of thiophene rings is 1. The lowest BCUT2D eigenvalue weighted by Gasteiger charge is -2.07. The van der Waals surface area contributed by atoms with Gasteiger partial charge in [0.2, 0.25) is 5.95 Å². The Labute approximate surface area is 182 Å². The molecule has 0 radical (unpaired) electrons. The van der Waals surface area contributed by atoms with Gasteiger partial charge in [0.1, 0.15) is 10.6 Å². The van der Waals surface area contributed by atoms with E-state index >= 15 is 0 Å². The summed E-state index contributed by atoms with van der Waals surface area (Å²) in [6, 6.07) is 3.17. The van der Waals surface area contributed by atoms with Gasteiger partial charge in [-0.3, -0.25) is 14.6 Å². The summed E-state index contributed by atoms with van der Waals surface area (Å²) < 4.78 is 14.3. The van der Waals surface area contributed by atoms with Crippen LogP contribution >= 0.6 is 11.3 Å². The molecule has 3 heterocycles. The van der Waals surface area contributed by atoms with E-state index < -0.39 is 11.7 Å². The lowest BCUT2D eigenvalue weighted by molar-refractivity contribution is -0.117. The van der Waals surface area contributed by atoms with Crippen LogP contribution in [0.2, 0.25) is 0 Å². The number of aromatic amines is 1. The number of rotatable bonds is 10. The highest BCUT2D eigenvalue weighted by atomic mass is 32.1. The Balaban J connectivity index is 1.48. The fourth-order valence-electron chi connectivity index (χ4n) is 3.15. The number of ketones is 1. The van der Waals surface area contributed by atoms with E-state index in [4.69, 9.17) is 5.73 Å². The topological polar surface area (TPSA) is 131 Å². The summed E-state index contributed by atoms with van der Waals surface area (Å²) in [4.78, 5) is 47.1. The van der Waals surface area contributed by atoms with Gasteiger partial charge in [-0.15, -0.1) is 11.3 Å². The van der Waals surface area contributed by atoms with Crippen LogP contribution in [0.5, 0.6) is 0 Å². The Kier molecular flexibility index (Phi) is 7.45. The molecule has 8 nitrogen and oxygen atoms in total. The number of nitrogens with zero attached hydrogens (tertiary/aromatic N) is 2. The van der Waals surface area contributed by atoms with Gasteiger partial charge in [0, 0.05) is 24.0 Å². The van der Waals surface area contributed by atoms with E-state index in [2.05, 4.69) is 20.3 Å². The number of aromatic nitrogens is 3. The molecule has 0 atom stereocenters. The van der Waals surface area contributed by atoms with Gasteiger partial charge in [-0.1, -0.05) is 0 Å². The number of hydrogen-bond acceptors (Lipinski definition) is 7. The van der Waals surface area contributed by atoms with Crippen LogP contribution in [-0.2, 0) is 17.6 Å². The first-order chi connectivity index (χ1) is 14.8. The SMILES string of the molecule is CC(=O)CCCNC(=O)c1ncc(CCCCc2cc3c(=O)[nH]c(N)nc3s2)cc1F.